The normalized spacial score (nSPS) is 21.8. The molecule has 3 atom stereocenters. The van der Waals surface area contributed by atoms with E-state index in [-0.39, 0.29) is 17.8 Å². The van der Waals surface area contributed by atoms with E-state index in [9.17, 15) is 14.3 Å². The van der Waals surface area contributed by atoms with Crippen LogP contribution < -0.4 is 0 Å². The fraction of sp³-hybridized carbons (Fsp3) is 0.562. The van der Waals surface area contributed by atoms with Crippen LogP contribution in [-0.2, 0) is 4.79 Å². The van der Waals surface area contributed by atoms with E-state index < -0.39 is 12.0 Å². The van der Waals surface area contributed by atoms with Crippen molar-refractivity contribution in [2.75, 3.05) is 6.54 Å². The van der Waals surface area contributed by atoms with Crippen LogP contribution in [0.2, 0.25) is 0 Å². The summed E-state index contributed by atoms with van der Waals surface area (Å²) in [5.74, 6) is -0.858. The lowest BCUT2D eigenvalue weighted by atomic mass is 9.98. The van der Waals surface area contributed by atoms with Crippen LogP contribution in [0.5, 0.6) is 0 Å². The molecule has 1 aromatic rings. The van der Waals surface area contributed by atoms with Gasteiger partial charge in [0.25, 0.3) is 0 Å². The van der Waals surface area contributed by atoms with Gasteiger partial charge in [-0.25, -0.2) is 4.39 Å². The molecule has 0 bridgehead atoms. The molecule has 1 heterocycles. The Morgan fingerprint density at radius 2 is 2.15 bits per heavy atom. The van der Waals surface area contributed by atoms with Crippen LogP contribution in [0.3, 0.4) is 0 Å². The van der Waals surface area contributed by atoms with E-state index in [0.29, 0.717) is 18.5 Å². The van der Waals surface area contributed by atoms with E-state index in [4.69, 9.17) is 0 Å². The Labute approximate surface area is 119 Å². The highest BCUT2D eigenvalue weighted by molar-refractivity contribution is 5.84. The molecule has 0 spiro atoms. The Balaban J connectivity index is 2.12. The minimum Gasteiger partial charge on any atom is -0.393 e. The molecule has 1 aliphatic rings. The third-order valence-electron chi connectivity index (χ3n) is 4.02. The lowest BCUT2D eigenvalue weighted by Crippen LogP contribution is -2.39. The monoisotopic (exact) mass is 279 g/mol. The molecule has 1 amide bonds. The number of carbonyl (C=O) groups excluding carboxylic acids is 1. The van der Waals surface area contributed by atoms with E-state index in [1.165, 1.54) is 6.07 Å². The molecule has 0 radical (unpaired) electrons. The van der Waals surface area contributed by atoms with Crippen LogP contribution in [0.15, 0.2) is 24.3 Å². The number of carbonyl (C=O) groups is 1. The van der Waals surface area contributed by atoms with Gasteiger partial charge in [-0.1, -0.05) is 18.2 Å². The number of hydrogen-bond donors (Lipinski definition) is 1. The van der Waals surface area contributed by atoms with Gasteiger partial charge in [0.2, 0.25) is 5.91 Å². The van der Waals surface area contributed by atoms with E-state index in [1.807, 2.05) is 4.90 Å². The molecule has 1 N–H and O–H groups in total. The van der Waals surface area contributed by atoms with Crippen LogP contribution >= 0.6 is 0 Å². The minimum absolute atomic E-state index is 0.0433. The van der Waals surface area contributed by atoms with E-state index in [1.54, 1.807) is 32.0 Å². The number of amides is 1. The van der Waals surface area contributed by atoms with Crippen LogP contribution in [0.25, 0.3) is 0 Å². The highest BCUT2D eigenvalue weighted by Gasteiger charge is 2.33. The topological polar surface area (TPSA) is 40.5 Å². The van der Waals surface area contributed by atoms with Crippen LogP contribution in [0.4, 0.5) is 4.39 Å². The molecule has 3 nitrogen and oxygen atoms in total. The molecule has 20 heavy (non-hydrogen) atoms. The molecule has 3 unspecified atom stereocenters. The van der Waals surface area contributed by atoms with Gasteiger partial charge in [-0.05, 0) is 44.7 Å². The summed E-state index contributed by atoms with van der Waals surface area (Å²) < 4.78 is 13.8. The molecular weight excluding hydrogens is 257 g/mol. The first kappa shape index (κ1) is 15.0. The fourth-order valence-electron chi connectivity index (χ4n) is 2.97. The van der Waals surface area contributed by atoms with Gasteiger partial charge in [-0.15, -0.1) is 0 Å². The second kappa shape index (κ2) is 6.35. The van der Waals surface area contributed by atoms with Crippen molar-refractivity contribution in [3.05, 3.63) is 35.6 Å². The van der Waals surface area contributed by atoms with Crippen molar-refractivity contribution in [1.29, 1.82) is 0 Å². The van der Waals surface area contributed by atoms with E-state index in [0.717, 1.165) is 12.8 Å². The van der Waals surface area contributed by atoms with Crippen molar-refractivity contribution in [3.63, 3.8) is 0 Å². The molecule has 0 saturated carbocycles. The van der Waals surface area contributed by atoms with Gasteiger partial charge in [-0.2, -0.15) is 0 Å². The summed E-state index contributed by atoms with van der Waals surface area (Å²) in [6, 6.07) is 6.51. The summed E-state index contributed by atoms with van der Waals surface area (Å²) in [5.41, 5.74) is 0.445. The fourth-order valence-corrected chi connectivity index (χ4v) is 2.97. The first-order valence-electron chi connectivity index (χ1n) is 7.23. The lowest BCUT2D eigenvalue weighted by molar-refractivity contribution is -0.133. The average molecular weight is 279 g/mol. The molecule has 1 fully saturated rings. The Morgan fingerprint density at radius 3 is 2.80 bits per heavy atom. The molecule has 1 saturated heterocycles. The predicted molar refractivity (Wildman–Crippen MR) is 75.8 cm³/mol. The van der Waals surface area contributed by atoms with Crippen LogP contribution in [0, 0.1) is 5.82 Å². The summed E-state index contributed by atoms with van der Waals surface area (Å²) in [7, 11) is 0. The number of benzene rings is 1. The minimum atomic E-state index is -0.481. The summed E-state index contributed by atoms with van der Waals surface area (Å²) >= 11 is 0. The molecule has 2 rings (SSSR count). The lowest BCUT2D eigenvalue weighted by Gasteiger charge is -2.28. The van der Waals surface area contributed by atoms with Crippen molar-refractivity contribution in [2.24, 2.45) is 0 Å². The summed E-state index contributed by atoms with van der Waals surface area (Å²) in [5, 5.41) is 9.51. The zero-order valence-electron chi connectivity index (χ0n) is 12.1. The molecule has 1 aromatic carbocycles. The maximum Gasteiger partial charge on any atom is 0.230 e. The third-order valence-corrected chi connectivity index (χ3v) is 4.02. The third kappa shape index (κ3) is 3.18. The van der Waals surface area contributed by atoms with Crippen molar-refractivity contribution in [1.82, 2.24) is 4.90 Å². The maximum atomic E-state index is 13.8. The molecule has 110 valence electrons. The summed E-state index contributed by atoms with van der Waals surface area (Å²) in [6.45, 7) is 4.19. The Kier molecular flexibility index (Phi) is 4.76. The van der Waals surface area contributed by atoms with Crippen molar-refractivity contribution in [3.8, 4) is 0 Å². The maximum absolute atomic E-state index is 13.8. The Hall–Kier alpha value is -1.42. The summed E-state index contributed by atoms with van der Waals surface area (Å²) in [6.07, 6.45) is 2.04. The second-order valence-electron chi connectivity index (χ2n) is 5.66. The first-order chi connectivity index (χ1) is 9.50. The molecule has 0 aromatic heterocycles. The van der Waals surface area contributed by atoms with Gasteiger partial charge < -0.3 is 10.0 Å². The molecule has 0 aliphatic carbocycles. The van der Waals surface area contributed by atoms with Crippen molar-refractivity contribution in [2.45, 2.75) is 51.2 Å². The molecule has 1 aliphatic heterocycles. The number of likely N-dealkylation sites (tertiary alicyclic amines) is 1. The Bertz CT molecular complexity index is 475. The number of hydrogen-bond acceptors (Lipinski definition) is 2. The highest BCUT2D eigenvalue weighted by atomic mass is 19.1. The first-order valence-corrected chi connectivity index (χ1v) is 7.23. The van der Waals surface area contributed by atoms with E-state index in [2.05, 4.69) is 0 Å². The van der Waals surface area contributed by atoms with Gasteiger partial charge in [0.05, 0.1) is 12.0 Å². The predicted octanol–water partition coefficient (Wildman–Crippen LogP) is 2.69. The average Bonchev–Trinajstić information content (AvgIpc) is 2.85. The zero-order valence-corrected chi connectivity index (χ0v) is 12.1. The molecular formula is C16H22FNO2. The van der Waals surface area contributed by atoms with Gasteiger partial charge >= 0.3 is 0 Å². The largest absolute Gasteiger partial charge is 0.393 e. The number of aliphatic hydroxyl groups excluding tert-OH is 1. The smallest absolute Gasteiger partial charge is 0.230 e. The SMILES string of the molecule is CC(O)CC1CCCN1C(=O)C(C)c1ccccc1F. The Morgan fingerprint density at radius 1 is 1.45 bits per heavy atom. The zero-order chi connectivity index (χ0) is 14.7. The standard InChI is InChI=1S/C16H22FNO2/c1-11(19)10-13-6-5-9-18(13)16(20)12(2)14-7-3-4-8-15(14)17/h3-4,7-8,11-13,19H,5-6,9-10H2,1-2H3. The van der Waals surface area contributed by atoms with Crippen molar-refractivity contribution < 1.29 is 14.3 Å². The van der Waals surface area contributed by atoms with Gasteiger partial charge in [-0.3, -0.25) is 4.79 Å². The number of aliphatic hydroxyl groups is 1. The van der Waals surface area contributed by atoms with Gasteiger partial charge in [0, 0.05) is 12.6 Å². The van der Waals surface area contributed by atoms with Crippen LogP contribution in [0.1, 0.15) is 44.6 Å². The summed E-state index contributed by atoms with van der Waals surface area (Å²) in [4.78, 5) is 14.4. The van der Waals surface area contributed by atoms with Gasteiger partial charge in [0.1, 0.15) is 5.82 Å². The quantitative estimate of drug-likeness (QED) is 0.920. The second-order valence-corrected chi connectivity index (χ2v) is 5.66. The number of nitrogens with zero attached hydrogens (tertiary/aromatic N) is 1. The number of rotatable bonds is 4. The van der Waals surface area contributed by atoms with Crippen molar-refractivity contribution >= 4 is 5.91 Å². The molecule has 4 heteroatoms. The number of halogens is 1. The van der Waals surface area contributed by atoms with Gasteiger partial charge in [0.15, 0.2) is 0 Å². The van der Waals surface area contributed by atoms with E-state index >= 15 is 0 Å². The van der Waals surface area contributed by atoms with Crippen LogP contribution in [-0.4, -0.2) is 34.6 Å². The highest BCUT2D eigenvalue weighted by Crippen LogP contribution is 2.27.